The minimum absolute atomic E-state index is 0. The highest BCUT2D eigenvalue weighted by Crippen LogP contribution is 2.43. The van der Waals surface area contributed by atoms with E-state index in [1.165, 1.54) is 0 Å². The van der Waals surface area contributed by atoms with E-state index in [1.807, 2.05) is 78.5 Å². The molecule has 0 aliphatic carbocycles. The third kappa shape index (κ3) is 4.29. The molecule has 6 aromatic rings. The normalized spacial score (nSPS) is 10.9. The molecule has 38 heavy (non-hydrogen) atoms. The number of carbonyl (C=O) groups excluding carboxylic acids is 1. The van der Waals surface area contributed by atoms with Crippen molar-refractivity contribution in [2.75, 3.05) is 18.2 Å². The number of benzene rings is 2. The Balaban J connectivity index is 0.00000294. The highest BCUT2D eigenvalue weighted by molar-refractivity contribution is 8.93. The van der Waals surface area contributed by atoms with Gasteiger partial charge in [0.1, 0.15) is 17.3 Å². The van der Waals surface area contributed by atoms with E-state index in [-0.39, 0.29) is 22.9 Å². The number of aromatic nitrogens is 3. The number of nitrogens with one attached hydrogen (secondary N) is 1. The van der Waals surface area contributed by atoms with Crippen LogP contribution in [-0.2, 0) is 7.05 Å². The van der Waals surface area contributed by atoms with Gasteiger partial charge in [0.05, 0.1) is 12.8 Å². The molecule has 1 amide bonds. The number of methoxy groups -OCH3 is 1. The first-order valence-corrected chi connectivity index (χ1v) is 12.5. The van der Waals surface area contributed by atoms with Crippen LogP contribution in [0.1, 0.15) is 10.5 Å². The van der Waals surface area contributed by atoms with Crippen molar-refractivity contribution in [3.05, 3.63) is 90.3 Å². The second-order valence-electron chi connectivity index (χ2n) is 8.67. The van der Waals surface area contributed by atoms with Crippen LogP contribution in [0.5, 0.6) is 5.75 Å². The maximum Gasteiger partial charge on any atom is 0.272 e. The third-order valence-electron chi connectivity index (χ3n) is 6.54. The second kappa shape index (κ2) is 10.3. The Bertz CT molecular complexity index is 1800. The van der Waals surface area contributed by atoms with Gasteiger partial charge in [-0.15, -0.1) is 28.3 Å². The number of fused-ring (bicyclic) bond motifs is 2. The van der Waals surface area contributed by atoms with Crippen LogP contribution >= 0.6 is 28.3 Å². The first kappa shape index (κ1) is 25.4. The summed E-state index contributed by atoms with van der Waals surface area (Å²) in [5, 5.41) is 6.98. The number of nitrogens with zero attached hydrogens (tertiary/aromatic N) is 3. The zero-order valence-electron chi connectivity index (χ0n) is 20.6. The first-order chi connectivity index (χ1) is 18.0. The number of hydrogen-bond acceptors (Lipinski definition) is 6. The van der Waals surface area contributed by atoms with Crippen LogP contribution in [-0.4, -0.2) is 27.6 Å². The van der Waals surface area contributed by atoms with Gasteiger partial charge in [-0.25, -0.2) is 4.98 Å². The SMILES string of the molecule is Br.COc1cc(-c2csc3c(-c4cccnc4)cnc(N)c23)ccc1NC(=O)c1cc2ccccc2n1C. The molecule has 6 rings (SSSR count). The molecule has 4 heterocycles. The minimum atomic E-state index is -0.208. The van der Waals surface area contributed by atoms with Crippen molar-refractivity contribution in [1.29, 1.82) is 0 Å². The van der Waals surface area contributed by atoms with E-state index in [0.29, 0.717) is 22.9 Å². The van der Waals surface area contributed by atoms with Gasteiger partial charge in [0.25, 0.3) is 5.91 Å². The number of nitrogen functional groups attached to an aromatic ring is 1. The number of carbonyl (C=O) groups is 1. The standard InChI is InChI=1S/C29H23N5O2S.BrH/c1-34-23-8-4-3-6-18(23)12-24(34)29(35)33-22-10-9-17(13-25(22)36-2)21-16-37-27-20(15-32-28(30)26(21)27)19-7-5-11-31-14-19;/h3-16H,1-2H3,(H2,30,32)(H,33,35);1H. The van der Waals surface area contributed by atoms with Crippen molar-refractivity contribution >= 4 is 66.7 Å². The Morgan fingerprint density at radius 2 is 1.87 bits per heavy atom. The van der Waals surface area contributed by atoms with Crippen LogP contribution < -0.4 is 15.8 Å². The summed E-state index contributed by atoms with van der Waals surface area (Å²) >= 11 is 1.61. The fourth-order valence-electron chi connectivity index (χ4n) is 4.66. The molecule has 4 aromatic heterocycles. The van der Waals surface area contributed by atoms with Gasteiger partial charge in [0.15, 0.2) is 0 Å². The molecule has 0 saturated heterocycles. The summed E-state index contributed by atoms with van der Waals surface area (Å²) < 4.78 is 8.60. The quantitative estimate of drug-likeness (QED) is 0.228. The monoisotopic (exact) mass is 585 g/mol. The summed E-state index contributed by atoms with van der Waals surface area (Å²) in [6.07, 6.45) is 5.36. The maximum absolute atomic E-state index is 13.2. The molecule has 2 aromatic carbocycles. The Labute approximate surface area is 233 Å². The van der Waals surface area contributed by atoms with Crippen LogP contribution in [0.25, 0.3) is 43.2 Å². The lowest BCUT2D eigenvalue weighted by Gasteiger charge is -2.13. The number of ether oxygens (including phenoxy) is 1. The van der Waals surface area contributed by atoms with Crippen LogP contribution in [0.15, 0.2) is 84.6 Å². The first-order valence-electron chi connectivity index (χ1n) is 11.7. The second-order valence-corrected chi connectivity index (χ2v) is 9.55. The Kier molecular flexibility index (Phi) is 6.88. The number of hydrogen-bond donors (Lipinski definition) is 2. The van der Waals surface area contributed by atoms with Gasteiger partial charge >= 0.3 is 0 Å². The number of pyridine rings is 2. The molecule has 0 atom stereocenters. The van der Waals surface area contributed by atoms with E-state index in [1.54, 1.807) is 30.8 Å². The molecular weight excluding hydrogens is 562 g/mol. The van der Waals surface area contributed by atoms with E-state index in [2.05, 4.69) is 20.7 Å². The summed E-state index contributed by atoms with van der Waals surface area (Å²) in [5.74, 6) is 0.810. The zero-order chi connectivity index (χ0) is 25.5. The molecule has 0 unspecified atom stereocenters. The lowest BCUT2D eigenvalue weighted by Crippen LogP contribution is -2.16. The lowest BCUT2D eigenvalue weighted by atomic mass is 10.0. The molecular formula is C29H24BrN5O2S. The topological polar surface area (TPSA) is 95.1 Å². The third-order valence-corrected chi connectivity index (χ3v) is 7.56. The largest absolute Gasteiger partial charge is 0.495 e. The fourth-order valence-corrected chi connectivity index (χ4v) is 5.78. The van der Waals surface area contributed by atoms with Crippen LogP contribution in [0.3, 0.4) is 0 Å². The maximum atomic E-state index is 13.2. The summed E-state index contributed by atoms with van der Waals surface area (Å²) in [6.45, 7) is 0. The predicted octanol–water partition coefficient (Wildman–Crippen LogP) is 6.94. The molecule has 190 valence electrons. The van der Waals surface area contributed by atoms with E-state index in [0.717, 1.165) is 43.2 Å². The van der Waals surface area contributed by atoms with Gasteiger partial charge < -0.3 is 20.4 Å². The Morgan fingerprint density at radius 3 is 2.63 bits per heavy atom. The predicted molar refractivity (Wildman–Crippen MR) is 160 cm³/mol. The number of para-hydroxylation sites is 1. The summed E-state index contributed by atoms with van der Waals surface area (Å²) in [4.78, 5) is 21.9. The molecule has 0 spiro atoms. The van der Waals surface area contributed by atoms with Gasteiger partial charge in [-0.1, -0.05) is 30.3 Å². The smallest absolute Gasteiger partial charge is 0.272 e. The number of halogens is 1. The van der Waals surface area contributed by atoms with E-state index in [9.17, 15) is 4.79 Å². The highest BCUT2D eigenvalue weighted by atomic mass is 79.9. The number of amides is 1. The van der Waals surface area contributed by atoms with E-state index >= 15 is 0 Å². The number of anilines is 2. The number of nitrogens with two attached hydrogens (primary N) is 1. The number of aryl methyl sites for hydroxylation is 1. The van der Waals surface area contributed by atoms with Gasteiger partial charge in [0, 0.05) is 63.3 Å². The van der Waals surface area contributed by atoms with Crippen molar-refractivity contribution in [3.63, 3.8) is 0 Å². The average molecular weight is 587 g/mol. The summed E-state index contributed by atoms with van der Waals surface area (Å²) in [5.41, 5.74) is 12.3. The van der Waals surface area contributed by atoms with Crippen molar-refractivity contribution in [3.8, 4) is 28.0 Å². The fraction of sp³-hybridized carbons (Fsp3) is 0.0690. The molecule has 0 aliphatic heterocycles. The molecule has 0 fully saturated rings. The summed E-state index contributed by atoms with van der Waals surface area (Å²) in [6, 6.07) is 19.4. The van der Waals surface area contributed by atoms with Crippen molar-refractivity contribution in [2.45, 2.75) is 0 Å². The van der Waals surface area contributed by atoms with Crippen molar-refractivity contribution in [1.82, 2.24) is 14.5 Å². The molecule has 7 nitrogen and oxygen atoms in total. The van der Waals surface area contributed by atoms with Crippen molar-refractivity contribution in [2.24, 2.45) is 7.05 Å². The van der Waals surface area contributed by atoms with Gasteiger partial charge in [-0.3, -0.25) is 9.78 Å². The molecule has 0 saturated carbocycles. The lowest BCUT2D eigenvalue weighted by molar-refractivity contribution is 0.101. The molecule has 9 heteroatoms. The van der Waals surface area contributed by atoms with Gasteiger partial charge in [-0.05, 0) is 41.3 Å². The van der Waals surface area contributed by atoms with Gasteiger partial charge in [0.2, 0.25) is 0 Å². The minimum Gasteiger partial charge on any atom is -0.495 e. The molecule has 0 bridgehead atoms. The van der Waals surface area contributed by atoms with E-state index < -0.39 is 0 Å². The Morgan fingerprint density at radius 1 is 1.03 bits per heavy atom. The zero-order valence-corrected chi connectivity index (χ0v) is 23.2. The molecule has 3 N–H and O–H groups in total. The van der Waals surface area contributed by atoms with Crippen LogP contribution in [0.2, 0.25) is 0 Å². The van der Waals surface area contributed by atoms with Crippen LogP contribution in [0.4, 0.5) is 11.5 Å². The Hall–Kier alpha value is -4.21. The van der Waals surface area contributed by atoms with Crippen molar-refractivity contribution < 1.29 is 9.53 Å². The molecule has 0 aliphatic rings. The summed E-state index contributed by atoms with van der Waals surface area (Å²) in [7, 11) is 3.48. The van der Waals surface area contributed by atoms with E-state index in [4.69, 9.17) is 10.5 Å². The van der Waals surface area contributed by atoms with Crippen LogP contribution in [0, 0.1) is 0 Å². The highest BCUT2D eigenvalue weighted by Gasteiger charge is 2.18. The molecule has 0 radical (unpaired) electrons. The average Bonchev–Trinajstić information content (AvgIpc) is 3.52. The number of thiophene rings is 1. The van der Waals surface area contributed by atoms with Gasteiger partial charge in [-0.2, -0.15) is 0 Å². The number of rotatable bonds is 5.